The first kappa shape index (κ1) is 14.6. The number of thiophene rings is 1. The molecule has 0 aliphatic rings. The van der Waals surface area contributed by atoms with Gasteiger partial charge >= 0.3 is 0 Å². The normalized spacial score (nSPS) is 11.0. The Balaban J connectivity index is 1.92. The molecule has 0 amide bonds. The van der Waals surface area contributed by atoms with Crippen LogP contribution in [-0.2, 0) is 6.54 Å². The Morgan fingerprint density at radius 1 is 1.19 bits per heavy atom. The molecule has 2 aromatic heterocycles. The van der Waals surface area contributed by atoms with Crippen molar-refractivity contribution in [3.8, 4) is 0 Å². The third kappa shape index (κ3) is 2.84. The fourth-order valence-corrected chi connectivity index (χ4v) is 3.63. The van der Waals surface area contributed by atoms with Crippen molar-refractivity contribution in [2.24, 2.45) is 0 Å². The van der Waals surface area contributed by atoms with Gasteiger partial charge in [0.05, 0.1) is 5.39 Å². The summed E-state index contributed by atoms with van der Waals surface area (Å²) in [6.45, 7) is 4.79. The van der Waals surface area contributed by atoms with Gasteiger partial charge in [0.25, 0.3) is 0 Å². The van der Waals surface area contributed by atoms with Gasteiger partial charge in [-0.3, -0.25) is 0 Å². The molecule has 21 heavy (non-hydrogen) atoms. The first-order valence-corrected chi connectivity index (χ1v) is 8.02. The van der Waals surface area contributed by atoms with Gasteiger partial charge in [-0.2, -0.15) is 0 Å². The average molecular weight is 338 g/mol. The second-order valence-corrected chi connectivity index (χ2v) is 6.82. The predicted octanol–water partition coefficient (Wildman–Crippen LogP) is 5.23. The van der Waals surface area contributed by atoms with Crippen LogP contribution in [0.1, 0.15) is 16.0 Å². The molecule has 1 N–H and O–H groups in total. The smallest absolute Gasteiger partial charge is 0.138 e. The minimum absolute atomic E-state index is 0.594. The van der Waals surface area contributed by atoms with E-state index in [0.29, 0.717) is 16.6 Å². The summed E-state index contributed by atoms with van der Waals surface area (Å²) in [6.07, 6.45) is 1.59. The van der Waals surface area contributed by atoms with Gasteiger partial charge in [-0.1, -0.05) is 29.3 Å². The topological polar surface area (TPSA) is 37.8 Å². The Kier molecular flexibility index (Phi) is 4.02. The third-order valence-corrected chi connectivity index (χ3v) is 5.13. The Morgan fingerprint density at radius 2 is 2.00 bits per heavy atom. The lowest BCUT2D eigenvalue weighted by molar-refractivity contribution is 1.10. The highest BCUT2D eigenvalue weighted by atomic mass is 35.5. The van der Waals surface area contributed by atoms with Crippen molar-refractivity contribution >= 4 is 50.6 Å². The second-order valence-electron chi connectivity index (χ2n) is 4.77. The highest BCUT2D eigenvalue weighted by Crippen LogP contribution is 2.33. The van der Waals surface area contributed by atoms with Gasteiger partial charge in [-0.15, -0.1) is 11.3 Å². The molecule has 108 valence electrons. The SMILES string of the molecule is Cc1sc2ncnc(NCc3ccc(Cl)cc3Cl)c2c1C. The van der Waals surface area contributed by atoms with Gasteiger partial charge in [0.15, 0.2) is 0 Å². The third-order valence-electron chi connectivity index (χ3n) is 3.43. The number of nitrogens with one attached hydrogen (secondary N) is 1. The van der Waals surface area contributed by atoms with Gasteiger partial charge < -0.3 is 5.32 Å². The largest absolute Gasteiger partial charge is 0.365 e. The Labute approximate surface area is 137 Å². The van der Waals surface area contributed by atoms with Gasteiger partial charge in [0.1, 0.15) is 17.0 Å². The first-order chi connectivity index (χ1) is 10.1. The van der Waals surface area contributed by atoms with Crippen LogP contribution >= 0.6 is 34.5 Å². The van der Waals surface area contributed by atoms with E-state index in [-0.39, 0.29) is 0 Å². The highest BCUT2D eigenvalue weighted by Gasteiger charge is 2.12. The van der Waals surface area contributed by atoms with Crippen LogP contribution in [0.4, 0.5) is 5.82 Å². The predicted molar refractivity (Wildman–Crippen MR) is 90.7 cm³/mol. The van der Waals surface area contributed by atoms with Gasteiger partial charge in [0, 0.05) is 21.5 Å². The molecule has 2 heterocycles. The maximum absolute atomic E-state index is 6.19. The Bertz CT molecular complexity index is 814. The number of fused-ring (bicyclic) bond motifs is 1. The van der Waals surface area contributed by atoms with Gasteiger partial charge in [-0.25, -0.2) is 9.97 Å². The van der Waals surface area contributed by atoms with Crippen LogP contribution in [-0.4, -0.2) is 9.97 Å². The summed E-state index contributed by atoms with van der Waals surface area (Å²) < 4.78 is 0. The number of aryl methyl sites for hydroxylation is 2. The van der Waals surface area contributed by atoms with Crippen molar-refractivity contribution in [3.05, 3.63) is 50.6 Å². The van der Waals surface area contributed by atoms with E-state index in [9.17, 15) is 0 Å². The number of benzene rings is 1. The molecule has 0 unspecified atom stereocenters. The number of anilines is 1. The molecule has 1 aromatic carbocycles. The maximum Gasteiger partial charge on any atom is 0.138 e. The molecular formula is C15H13Cl2N3S. The van der Waals surface area contributed by atoms with Gasteiger partial charge in [0.2, 0.25) is 0 Å². The molecule has 0 radical (unpaired) electrons. The lowest BCUT2D eigenvalue weighted by Gasteiger charge is -2.09. The minimum Gasteiger partial charge on any atom is -0.365 e. The summed E-state index contributed by atoms with van der Waals surface area (Å²) in [5.41, 5.74) is 2.21. The first-order valence-electron chi connectivity index (χ1n) is 6.44. The van der Waals surface area contributed by atoms with Crippen LogP contribution in [0.15, 0.2) is 24.5 Å². The van der Waals surface area contributed by atoms with Crippen molar-refractivity contribution in [1.29, 1.82) is 0 Å². The molecule has 6 heteroatoms. The fraction of sp³-hybridized carbons (Fsp3) is 0.200. The molecule has 0 spiro atoms. The Morgan fingerprint density at radius 3 is 2.76 bits per heavy atom. The highest BCUT2D eigenvalue weighted by molar-refractivity contribution is 7.18. The number of hydrogen-bond donors (Lipinski definition) is 1. The zero-order valence-corrected chi connectivity index (χ0v) is 13.9. The molecule has 3 rings (SSSR count). The van der Waals surface area contributed by atoms with Crippen LogP contribution < -0.4 is 5.32 Å². The lowest BCUT2D eigenvalue weighted by atomic mass is 10.2. The number of rotatable bonds is 3. The fourth-order valence-electron chi connectivity index (χ4n) is 2.16. The van der Waals surface area contributed by atoms with Crippen LogP contribution in [0.3, 0.4) is 0 Å². The number of hydrogen-bond acceptors (Lipinski definition) is 4. The number of nitrogens with zero attached hydrogens (tertiary/aromatic N) is 2. The zero-order valence-electron chi connectivity index (χ0n) is 11.6. The molecule has 0 saturated carbocycles. The molecule has 0 saturated heterocycles. The van der Waals surface area contributed by atoms with E-state index in [1.807, 2.05) is 12.1 Å². The number of halogens is 2. The van der Waals surface area contributed by atoms with Crippen molar-refractivity contribution < 1.29 is 0 Å². The summed E-state index contributed by atoms with van der Waals surface area (Å²) in [5, 5.41) is 5.72. The molecule has 0 atom stereocenters. The zero-order chi connectivity index (χ0) is 15.0. The van der Waals surface area contributed by atoms with Gasteiger partial charge in [-0.05, 0) is 37.1 Å². The minimum atomic E-state index is 0.594. The summed E-state index contributed by atoms with van der Waals surface area (Å²) in [7, 11) is 0. The van der Waals surface area contributed by atoms with E-state index in [1.54, 1.807) is 23.7 Å². The summed E-state index contributed by atoms with van der Waals surface area (Å²) in [6, 6.07) is 5.50. The summed E-state index contributed by atoms with van der Waals surface area (Å²) in [4.78, 5) is 11.0. The van der Waals surface area contributed by atoms with Crippen molar-refractivity contribution in [3.63, 3.8) is 0 Å². The van der Waals surface area contributed by atoms with Crippen LogP contribution in [0.25, 0.3) is 10.2 Å². The molecule has 0 fully saturated rings. The van der Waals surface area contributed by atoms with Crippen LogP contribution in [0.2, 0.25) is 10.0 Å². The summed E-state index contributed by atoms with van der Waals surface area (Å²) in [5.74, 6) is 0.841. The van der Waals surface area contributed by atoms with Crippen molar-refractivity contribution in [2.75, 3.05) is 5.32 Å². The molecule has 0 aliphatic carbocycles. The quantitative estimate of drug-likeness (QED) is 0.711. The molecule has 0 bridgehead atoms. The van der Waals surface area contributed by atoms with E-state index in [4.69, 9.17) is 23.2 Å². The molecule has 3 nitrogen and oxygen atoms in total. The second kappa shape index (κ2) is 5.79. The number of aromatic nitrogens is 2. The van der Waals surface area contributed by atoms with E-state index in [0.717, 1.165) is 21.6 Å². The van der Waals surface area contributed by atoms with E-state index >= 15 is 0 Å². The average Bonchev–Trinajstić information content (AvgIpc) is 2.74. The van der Waals surface area contributed by atoms with E-state index in [2.05, 4.69) is 29.1 Å². The maximum atomic E-state index is 6.19. The van der Waals surface area contributed by atoms with Crippen LogP contribution in [0.5, 0.6) is 0 Å². The van der Waals surface area contributed by atoms with Crippen molar-refractivity contribution in [2.45, 2.75) is 20.4 Å². The van der Waals surface area contributed by atoms with Crippen molar-refractivity contribution in [1.82, 2.24) is 9.97 Å². The molecule has 0 aliphatic heterocycles. The van der Waals surface area contributed by atoms with E-state index < -0.39 is 0 Å². The van der Waals surface area contributed by atoms with E-state index in [1.165, 1.54) is 10.4 Å². The standard InChI is InChI=1S/C15H13Cl2N3S/c1-8-9(2)21-15-13(8)14(19-7-20-15)18-6-10-3-4-11(16)5-12(10)17/h3-5,7H,6H2,1-2H3,(H,18,19,20). The Hall–Kier alpha value is -1.36. The molecule has 3 aromatic rings. The van der Waals surface area contributed by atoms with Crippen LogP contribution in [0, 0.1) is 13.8 Å². The molecular weight excluding hydrogens is 325 g/mol. The lowest BCUT2D eigenvalue weighted by Crippen LogP contribution is -2.03. The summed E-state index contributed by atoms with van der Waals surface area (Å²) >= 11 is 13.8. The monoisotopic (exact) mass is 337 g/mol.